The van der Waals surface area contributed by atoms with E-state index in [9.17, 15) is 14.9 Å². The summed E-state index contributed by atoms with van der Waals surface area (Å²) in [6.07, 6.45) is 1.58. The Kier molecular flexibility index (Phi) is 3.02. The number of allylic oxidation sites excluding steroid dienone is 1. The van der Waals surface area contributed by atoms with Crippen LogP contribution in [0.1, 0.15) is 21.5 Å². The molecule has 1 heterocycles. The minimum atomic E-state index is -0.537. The first-order valence-electron chi connectivity index (χ1n) is 6.34. The number of hydrogen-bond donors (Lipinski definition) is 0. The molecule has 0 aromatic heterocycles. The number of Topliss-reactive ketones (excluding diaryl/α,β-unsaturated/α-hetero) is 1. The summed E-state index contributed by atoms with van der Waals surface area (Å²) in [5.74, 6) is -0.205. The number of ether oxygens (including phenoxy) is 1. The topological polar surface area (TPSA) is 69.4 Å². The molecule has 5 nitrogen and oxygen atoms in total. The highest BCUT2D eigenvalue weighted by Gasteiger charge is 2.34. The van der Waals surface area contributed by atoms with Gasteiger partial charge < -0.3 is 4.74 Å². The SMILES string of the molecule is Cc1cc2c(c([N+](=O)[O-])c1)O/C(=C\c1ccccc1)C2=O. The van der Waals surface area contributed by atoms with Crippen LogP contribution in [-0.4, -0.2) is 10.7 Å². The summed E-state index contributed by atoms with van der Waals surface area (Å²) in [4.78, 5) is 22.9. The van der Waals surface area contributed by atoms with Gasteiger partial charge in [-0.15, -0.1) is 0 Å². The van der Waals surface area contributed by atoms with E-state index in [0.717, 1.165) is 5.56 Å². The predicted octanol–water partition coefficient (Wildman–Crippen LogP) is 3.52. The van der Waals surface area contributed by atoms with Gasteiger partial charge in [-0.1, -0.05) is 30.3 Å². The van der Waals surface area contributed by atoms with Gasteiger partial charge in [0.15, 0.2) is 5.76 Å². The molecule has 0 saturated heterocycles. The molecular weight excluding hydrogens is 270 g/mol. The summed E-state index contributed by atoms with van der Waals surface area (Å²) in [5.41, 5.74) is 1.50. The van der Waals surface area contributed by atoms with Gasteiger partial charge in [0.1, 0.15) is 0 Å². The highest BCUT2D eigenvalue weighted by atomic mass is 16.6. The van der Waals surface area contributed by atoms with Crippen LogP contribution in [0.2, 0.25) is 0 Å². The fourth-order valence-corrected chi connectivity index (χ4v) is 2.25. The van der Waals surface area contributed by atoms with E-state index in [4.69, 9.17) is 4.74 Å². The van der Waals surface area contributed by atoms with Crippen LogP contribution in [0.5, 0.6) is 5.75 Å². The Labute approximate surface area is 120 Å². The van der Waals surface area contributed by atoms with Crippen molar-refractivity contribution in [1.82, 2.24) is 0 Å². The van der Waals surface area contributed by atoms with Gasteiger partial charge in [-0.3, -0.25) is 14.9 Å². The van der Waals surface area contributed by atoms with E-state index in [1.807, 2.05) is 30.3 Å². The molecule has 0 fully saturated rings. The third-order valence-electron chi connectivity index (χ3n) is 3.19. The fourth-order valence-electron chi connectivity index (χ4n) is 2.25. The molecule has 3 rings (SSSR count). The number of nitro groups is 1. The van der Waals surface area contributed by atoms with Gasteiger partial charge in [-0.05, 0) is 30.2 Å². The molecule has 0 atom stereocenters. The summed E-state index contributed by atoms with van der Waals surface area (Å²) in [6, 6.07) is 12.2. The van der Waals surface area contributed by atoms with Crippen LogP contribution in [0.25, 0.3) is 6.08 Å². The van der Waals surface area contributed by atoms with E-state index in [1.165, 1.54) is 6.07 Å². The molecule has 0 N–H and O–H groups in total. The van der Waals surface area contributed by atoms with Crippen molar-refractivity contribution in [3.63, 3.8) is 0 Å². The van der Waals surface area contributed by atoms with Crippen LogP contribution in [0.15, 0.2) is 48.2 Å². The highest BCUT2D eigenvalue weighted by molar-refractivity contribution is 6.15. The van der Waals surface area contributed by atoms with Crippen molar-refractivity contribution in [2.24, 2.45) is 0 Å². The molecule has 5 heteroatoms. The number of benzene rings is 2. The average Bonchev–Trinajstić information content (AvgIpc) is 2.76. The van der Waals surface area contributed by atoms with Crippen molar-refractivity contribution in [3.05, 3.63) is 75.0 Å². The van der Waals surface area contributed by atoms with Crippen molar-refractivity contribution >= 4 is 17.5 Å². The number of carbonyl (C=O) groups excluding carboxylic acids is 1. The minimum Gasteiger partial charge on any atom is -0.445 e. The standard InChI is InChI=1S/C16H11NO4/c1-10-7-12-15(18)14(9-11-5-3-2-4-6-11)21-16(12)13(8-10)17(19)20/h2-9H,1H3/b14-9-. The Bertz CT molecular complexity index is 778. The number of carbonyl (C=O) groups is 1. The van der Waals surface area contributed by atoms with E-state index in [2.05, 4.69) is 0 Å². The number of ketones is 1. The quantitative estimate of drug-likeness (QED) is 0.479. The fraction of sp³-hybridized carbons (Fsp3) is 0.0625. The lowest BCUT2D eigenvalue weighted by Gasteiger charge is -2.01. The molecular formula is C16H11NO4. The molecule has 0 aliphatic carbocycles. The number of nitro benzene ring substituents is 1. The molecule has 2 aromatic carbocycles. The second kappa shape index (κ2) is 4.86. The van der Waals surface area contributed by atoms with Crippen LogP contribution in [0.3, 0.4) is 0 Å². The molecule has 0 unspecified atom stereocenters. The normalized spacial score (nSPS) is 14.9. The predicted molar refractivity (Wildman–Crippen MR) is 77.2 cm³/mol. The van der Waals surface area contributed by atoms with E-state index < -0.39 is 4.92 Å². The molecule has 1 aliphatic rings. The first kappa shape index (κ1) is 13.1. The summed E-state index contributed by atoms with van der Waals surface area (Å²) >= 11 is 0. The zero-order chi connectivity index (χ0) is 15.0. The van der Waals surface area contributed by atoms with E-state index in [0.29, 0.717) is 5.56 Å². The Morgan fingerprint density at radius 1 is 1.19 bits per heavy atom. The number of nitrogens with zero attached hydrogens (tertiary/aromatic N) is 1. The largest absolute Gasteiger partial charge is 0.445 e. The summed E-state index contributed by atoms with van der Waals surface area (Å²) in [5, 5.41) is 11.1. The Hall–Kier alpha value is -2.95. The summed E-state index contributed by atoms with van der Waals surface area (Å²) in [6.45, 7) is 1.71. The molecule has 0 amide bonds. The van der Waals surface area contributed by atoms with Crippen molar-refractivity contribution < 1.29 is 14.5 Å². The minimum absolute atomic E-state index is 0.0257. The van der Waals surface area contributed by atoms with Crippen LogP contribution in [0, 0.1) is 17.0 Å². The third-order valence-corrected chi connectivity index (χ3v) is 3.19. The Morgan fingerprint density at radius 2 is 1.90 bits per heavy atom. The molecule has 2 aromatic rings. The van der Waals surface area contributed by atoms with E-state index in [-0.39, 0.29) is 28.5 Å². The zero-order valence-corrected chi connectivity index (χ0v) is 11.2. The number of rotatable bonds is 2. The Morgan fingerprint density at radius 3 is 2.57 bits per heavy atom. The van der Waals surface area contributed by atoms with Crippen LogP contribution >= 0.6 is 0 Å². The van der Waals surface area contributed by atoms with Gasteiger partial charge in [0, 0.05) is 6.07 Å². The van der Waals surface area contributed by atoms with Gasteiger partial charge in [0.2, 0.25) is 11.5 Å². The van der Waals surface area contributed by atoms with E-state index >= 15 is 0 Å². The van der Waals surface area contributed by atoms with Crippen LogP contribution < -0.4 is 4.74 Å². The van der Waals surface area contributed by atoms with Crippen molar-refractivity contribution in [2.45, 2.75) is 6.92 Å². The number of aryl methyl sites for hydroxylation is 1. The average molecular weight is 281 g/mol. The lowest BCUT2D eigenvalue weighted by atomic mass is 10.1. The number of fused-ring (bicyclic) bond motifs is 1. The van der Waals surface area contributed by atoms with Crippen LogP contribution in [-0.2, 0) is 0 Å². The smallest absolute Gasteiger partial charge is 0.312 e. The van der Waals surface area contributed by atoms with Crippen LogP contribution in [0.4, 0.5) is 5.69 Å². The van der Waals surface area contributed by atoms with Gasteiger partial charge in [0.05, 0.1) is 10.5 Å². The maximum Gasteiger partial charge on any atom is 0.312 e. The van der Waals surface area contributed by atoms with Gasteiger partial charge >= 0.3 is 5.69 Å². The number of hydrogen-bond acceptors (Lipinski definition) is 4. The summed E-state index contributed by atoms with van der Waals surface area (Å²) in [7, 11) is 0. The lowest BCUT2D eigenvalue weighted by Crippen LogP contribution is -1.98. The molecule has 21 heavy (non-hydrogen) atoms. The first-order valence-corrected chi connectivity index (χ1v) is 6.34. The van der Waals surface area contributed by atoms with E-state index in [1.54, 1.807) is 19.1 Å². The van der Waals surface area contributed by atoms with Gasteiger partial charge in [-0.25, -0.2) is 0 Å². The maximum atomic E-state index is 12.3. The van der Waals surface area contributed by atoms with Gasteiger partial charge in [-0.2, -0.15) is 0 Å². The monoisotopic (exact) mass is 281 g/mol. The van der Waals surface area contributed by atoms with Gasteiger partial charge in [0.25, 0.3) is 0 Å². The first-order chi connectivity index (χ1) is 10.1. The molecule has 0 radical (unpaired) electrons. The Balaban J connectivity index is 2.09. The lowest BCUT2D eigenvalue weighted by molar-refractivity contribution is -0.385. The third kappa shape index (κ3) is 2.29. The molecule has 0 bridgehead atoms. The molecule has 0 spiro atoms. The molecule has 0 saturated carbocycles. The second-order valence-corrected chi connectivity index (χ2v) is 4.77. The van der Waals surface area contributed by atoms with Crippen molar-refractivity contribution in [1.29, 1.82) is 0 Å². The van der Waals surface area contributed by atoms with Crippen molar-refractivity contribution in [3.8, 4) is 5.75 Å². The zero-order valence-electron chi connectivity index (χ0n) is 11.2. The molecule has 104 valence electrons. The van der Waals surface area contributed by atoms with Crippen molar-refractivity contribution in [2.75, 3.05) is 0 Å². The highest BCUT2D eigenvalue weighted by Crippen LogP contribution is 2.40. The second-order valence-electron chi connectivity index (χ2n) is 4.77. The molecule has 1 aliphatic heterocycles. The maximum absolute atomic E-state index is 12.3. The summed E-state index contributed by atoms with van der Waals surface area (Å²) < 4.78 is 5.44.